The van der Waals surface area contributed by atoms with Crippen LogP contribution in [0.2, 0.25) is 0 Å². The van der Waals surface area contributed by atoms with E-state index in [2.05, 4.69) is 5.32 Å². The second kappa shape index (κ2) is 5.28. The van der Waals surface area contributed by atoms with Gasteiger partial charge in [-0.3, -0.25) is 9.69 Å². The van der Waals surface area contributed by atoms with Crippen molar-refractivity contribution in [3.8, 4) is 0 Å². The van der Waals surface area contributed by atoms with Gasteiger partial charge in [-0.25, -0.2) is 4.79 Å². The van der Waals surface area contributed by atoms with Gasteiger partial charge in [0.25, 0.3) is 5.91 Å². The van der Waals surface area contributed by atoms with Crippen LogP contribution in [0.5, 0.6) is 0 Å². The van der Waals surface area contributed by atoms with E-state index in [1.54, 1.807) is 0 Å². The van der Waals surface area contributed by atoms with Crippen LogP contribution in [0, 0.1) is 0 Å². The molecule has 0 aromatic heterocycles. The van der Waals surface area contributed by atoms with Gasteiger partial charge in [0.05, 0.1) is 18.2 Å². The van der Waals surface area contributed by atoms with Crippen LogP contribution < -0.4 is 5.32 Å². The van der Waals surface area contributed by atoms with Crippen molar-refractivity contribution < 1.29 is 27.9 Å². The maximum absolute atomic E-state index is 12.9. The van der Waals surface area contributed by atoms with E-state index >= 15 is 0 Å². The highest BCUT2D eigenvalue weighted by atomic mass is 19.4. The molecule has 1 saturated heterocycles. The summed E-state index contributed by atoms with van der Waals surface area (Å²) in [6.45, 7) is 2.41. The van der Waals surface area contributed by atoms with Crippen LogP contribution in [-0.4, -0.2) is 34.0 Å². The molecule has 1 unspecified atom stereocenters. The Bertz CT molecular complexity index is 614. The number of aliphatic hydroxyl groups is 1. The Morgan fingerprint density at radius 2 is 1.86 bits per heavy atom. The number of carbonyl (C=O) groups is 2. The number of hydrogen-bond acceptors (Lipinski definition) is 3. The molecule has 1 heterocycles. The van der Waals surface area contributed by atoms with Crippen molar-refractivity contribution in [2.24, 2.45) is 0 Å². The number of nitrogens with one attached hydrogen (secondary N) is 1. The van der Waals surface area contributed by atoms with Crippen LogP contribution in [0.25, 0.3) is 0 Å². The summed E-state index contributed by atoms with van der Waals surface area (Å²) in [4.78, 5) is 24.4. The van der Waals surface area contributed by atoms with Crippen molar-refractivity contribution in [2.75, 3.05) is 6.54 Å². The molecule has 1 atom stereocenters. The number of benzene rings is 1. The molecule has 1 fully saturated rings. The quantitative estimate of drug-likeness (QED) is 0.839. The lowest BCUT2D eigenvalue weighted by atomic mass is 10.0. The van der Waals surface area contributed by atoms with Gasteiger partial charge in [-0.05, 0) is 25.5 Å². The number of rotatable bonds is 3. The van der Waals surface area contributed by atoms with E-state index in [0.29, 0.717) is 0 Å². The standard InChI is InChI=1S/C14H15F3N2O3/c1-13(2)11(21)19(12(22)18-13)7-10(20)8-5-3-4-6-9(8)14(15,16)17/h3-6,10,20H,7H2,1-2H3,(H,18,22). The number of urea groups is 1. The minimum Gasteiger partial charge on any atom is -0.387 e. The molecule has 3 amide bonds. The summed E-state index contributed by atoms with van der Waals surface area (Å²) >= 11 is 0. The fourth-order valence-electron chi connectivity index (χ4n) is 2.30. The van der Waals surface area contributed by atoms with Gasteiger partial charge in [0, 0.05) is 0 Å². The molecule has 0 spiro atoms. The van der Waals surface area contributed by atoms with E-state index in [4.69, 9.17) is 0 Å². The number of nitrogens with zero attached hydrogens (tertiary/aromatic N) is 1. The average molecular weight is 316 g/mol. The maximum Gasteiger partial charge on any atom is 0.416 e. The average Bonchev–Trinajstić information content (AvgIpc) is 2.60. The summed E-state index contributed by atoms with van der Waals surface area (Å²) in [5.41, 5.74) is -2.51. The zero-order chi connectivity index (χ0) is 16.7. The molecule has 2 N–H and O–H groups in total. The number of amides is 3. The highest BCUT2D eigenvalue weighted by Crippen LogP contribution is 2.35. The van der Waals surface area contributed by atoms with E-state index in [1.165, 1.54) is 26.0 Å². The first kappa shape index (κ1) is 16.3. The highest BCUT2D eigenvalue weighted by Gasteiger charge is 2.45. The molecular formula is C14H15F3N2O3. The van der Waals surface area contributed by atoms with Crippen molar-refractivity contribution >= 4 is 11.9 Å². The zero-order valence-corrected chi connectivity index (χ0v) is 11.9. The lowest BCUT2D eigenvalue weighted by Crippen LogP contribution is -2.40. The lowest BCUT2D eigenvalue weighted by Gasteiger charge is -2.21. The summed E-state index contributed by atoms with van der Waals surface area (Å²) in [6, 6.07) is 3.78. The first-order valence-corrected chi connectivity index (χ1v) is 6.52. The molecule has 1 aromatic rings. The van der Waals surface area contributed by atoms with Gasteiger partial charge in [-0.2, -0.15) is 13.2 Å². The Labute approximate surface area is 124 Å². The van der Waals surface area contributed by atoms with Crippen LogP contribution in [-0.2, 0) is 11.0 Å². The molecule has 1 aliphatic heterocycles. The van der Waals surface area contributed by atoms with Gasteiger partial charge >= 0.3 is 12.2 Å². The van der Waals surface area contributed by atoms with Crippen molar-refractivity contribution in [3.63, 3.8) is 0 Å². The second-order valence-corrected chi connectivity index (χ2v) is 5.57. The van der Waals surface area contributed by atoms with Gasteiger partial charge in [-0.1, -0.05) is 18.2 Å². The highest BCUT2D eigenvalue weighted by molar-refractivity contribution is 6.06. The monoisotopic (exact) mass is 316 g/mol. The third-order valence-electron chi connectivity index (χ3n) is 3.43. The first-order chi connectivity index (χ1) is 10.0. The molecule has 0 bridgehead atoms. The number of β-amino-alcohol motifs (C(OH)–C–C–N with tert-alkyl or cyclic N) is 1. The van der Waals surface area contributed by atoms with E-state index in [9.17, 15) is 27.9 Å². The second-order valence-electron chi connectivity index (χ2n) is 5.57. The van der Waals surface area contributed by atoms with Crippen LogP contribution in [0.1, 0.15) is 31.1 Å². The molecule has 22 heavy (non-hydrogen) atoms. The Morgan fingerprint density at radius 3 is 2.36 bits per heavy atom. The van der Waals surface area contributed by atoms with Crippen LogP contribution in [0.15, 0.2) is 24.3 Å². The fraction of sp³-hybridized carbons (Fsp3) is 0.429. The molecule has 0 radical (unpaired) electrons. The van der Waals surface area contributed by atoms with Crippen molar-refractivity contribution in [3.05, 3.63) is 35.4 Å². The predicted molar refractivity (Wildman–Crippen MR) is 70.7 cm³/mol. The zero-order valence-electron chi connectivity index (χ0n) is 11.9. The number of halogens is 3. The molecule has 1 aliphatic rings. The number of imide groups is 1. The van der Waals surface area contributed by atoms with Gasteiger partial charge in [0.2, 0.25) is 0 Å². The molecule has 5 nitrogen and oxygen atoms in total. The van der Waals surface area contributed by atoms with E-state index in [-0.39, 0.29) is 5.56 Å². The molecule has 1 aromatic carbocycles. The van der Waals surface area contributed by atoms with E-state index in [0.717, 1.165) is 17.0 Å². The minimum absolute atomic E-state index is 0.375. The van der Waals surface area contributed by atoms with Crippen LogP contribution in [0.4, 0.5) is 18.0 Å². The molecular weight excluding hydrogens is 301 g/mol. The number of aliphatic hydroxyl groups excluding tert-OH is 1. The van der Waals surface area contributed by atoms with Gasteiger partial charge in [0.15, 0.2) is 0 Å². The molecule has 0 saturated carbocycles. The number of carbonyl (C=O) groups excluding carboxylic acids is 2. The van der Waals surface area contributed by atoms with Crippen molar-refractivity contribution in [1.82, 2.24) is 10.2 Å². The molecule has 0 aliphatic carbocycles. The lowest BCUT2D eigenvalue weighted by molar-refractivity contribution is -0.139. The molecule has 2 rings (SSSR count). The molecule has 8 heteroatoms. The smallest absolute Gasteiger partial charge is 0.387 e. The number of hydrogen-bond donors (Lipinski definition) is 2. The summed E-state index contributed by atoms with van der Waals surface area (Å²) < 4.78 is 38.8. The largest absolute Gasteiger partial charge is 0.416 e. The van der Waals surface area contributed by atoms with Gasteiger partial charge < -0.3 is 10.4 Å². The minimum atomic E-state index is -4.63. The Morgan fingerprint density at radius 1 is 1.27 bits per heavy atom. The third-order valence-corrected chi connectivity index (χ3v) is 3.43. The predicted octanol–water partition coefficient (Wildman–Crippen LogP) is 2.07. The van der Waals surface area contributed by atoms with E-state index < -0.39 is 41.9 Å². The Hall–Kier alpha value is -2.09. The normalized spacial score (nSPS) is 19.3. The van der Waals surface area contributed by atoms with Crippen molar-refractivity contribution in [2.45, 2.75) is 31.7 Å². The Balaban J connectivity index is 2.26. The van der Waals surface area contributed by atoms with Crippen LogP contribution >= 0.6 is 0 Å². The van der Waals surface area contributed by atoms with Gasteiger partial charge in [-0.15, -0.1) is 0 Å². The third kappa shape index (κ3) is 2.92. The summed E-state index contributed by atoms with van der Waals surface area (Å²) in [5, 5.41) is 12.5. The first-order valence-electron chi connectivity index (χ1n) is 6.52. The van der Waals surface area contributed by atoms with Crippen molar-refractivity contribution in [1.29, 1.82) is 0 Å². The topological polar surface area (TPSA) is 69.6 Å². The van der Waals surface area contributed by atoms with Crippen LogP contribution in [0.3, 0.4) is 0 Å². The van der Waals surface area contributed by atoms with Gasteiger partial charge in [0.1, 0.15) is 5.54 Å². The SMILES string of the molecule is CC1(C)NC(=O)N(CC(O)c2ccccc2C(F)(F)F)C1=O. The number of alkyl halides is 3. The summed E-state index contributed by atoms with van der Waals surface area (Å²) in [5.74, 6) is -0.596. The Kier molecular flexibility index (Phi) is 3.90. The van der Waals surface area contributed by atoms with E-state index in [1.807, 2.05) is 0 Å². The maximum atomic E-state index is 12.9. The fourth-order valence-corrected chi connectivity index (χ4v) is 2.30. The summed E-state index contributed by atoms with van der Waals surface area (Å²) in [7, 11) is 0. The summed E-state index contributed by atoms with van der Waals surface area (Å²) in [6.07, 6.45) is -6.25. The molecule has 120 valence electrons.